The number of halogens is 1. The molecule has 0 aliphatic rings. The lowest BCUT2D eigenvalue weighted by molar-refractivity contribution is -0.141. The Morgan fingerprint density at radius 3 is 2.52 bits per heavy atom. The van der Waals surface area contributed by atoms with Gasteiger partial charge in [0.25, 0.3) is 0 Å². The molecule has 1 atom stereocenters. The molecule has 0 radical (unpaired) electrons. The van der Waals surface area contributed by atoms with E-state index in [1.807, 2.05) is 38.1 Å². The van der Waals surface area contributed by atoms with Crippen LogP contribution in [-0.2, 0) is 24.7 Å². The van der Waals surface area contributed by atoms with E-state index in [0.29, 0.717) is 18.0 Å². The molecule has 1 heterocycles. The molecule has 0 spiro atoms. The smallest absolute Gasteiger partial charge is 0.307 e. The highest BCUT2D eigenvalue weighted by molar-refractivity contribution is 6.30. The maximum atomic E-state index is 11.6. The molecule has 1 aromatic carbocycles. The minimum absolute atomic E-state index is 0.391. The fourth-order valence-corrected chi connectivity index (χ4v) is 2.76. The summed E-state index contributed by atoms with van der Waals surface area (Å²) in [6, 6.07) is 7.86. The predicted molar refractivity (Wildman–Crippen MR) is 82.7 cm³/mol. The molecule has 2 aromatic rings. The fourth-order valence-electron chi connectivity index (χ4n) is 2.50. The zero-order valence-electron chi connectivity index (χ0n) is 12.4. The topological polar surface area (TPSA) is 55.1 Å². The van der Waals surface area contributed by atoms with Gasteiger partial charge in [0.2, 0.25) is 0 Å². The summed E-state index contributed by atoms with van der Waals surface area (Å²) in [5.74, 6) is -1.32. The van der Waals surface area contributed by atoms with Gasteiger partial charge in [0.05, 0.1) is 11.6 Å². The second-order valence-corrected chi connectivity index (χ2v) is 5.71. The Hall–Kier alpha value is -1.81. The minimum Gasteiger partial charge on any atom is -0.481 e. The van der Waals surface area contributed by atoms with Crippen molar-refractivity contribution >= 4 is 17.6 Å². The van der Waals surface area contributed by atoms with Crippen molar-refractivity contribution in [2.45, 2.75) is 26.7 Å². The van der Waals surface area contributed by atoms with E-state index in [9.17, 15) is 9.90 Å². The summed E-state index contributed by atoms with van der Waals surface area (Å²) in [5, 5.41) is 14.3. The number of aromatic nitrogens is 2. The number of hydrogen-bond acceptors (Lipinski definition) is 2. The van der Waals surface area contributed by atoms with Crippen LogP contribution in [0.3, 0.4) is 0 Å². The summed E-state index contributed by atoms with van der Waals surface area (Å²) in [5.41, 5.74) is 3.78. The number of aliphatic carboxylic acids is 1. The Labute approximate surface area is 129 Å². The van der Waals surface area contributed by atoms with Crippen LogP contribution in [0.25, 0.3) is 0 Å². The molecule has 5 heteroatoms. The van der Waals surface area contributed by atoms with Crippen LogP contribution in [0.15, 0.2) is 24.3 Å². The van der Waals surface area contributed by atoms with Gasteiger partial charge in [-0.3, -0.25) is 9.48 Å². The van der Waals surface area contributed by atoms with E-state index in [1.54, 1.807) is 11.7 Å². The molecule has 4 nitrogen and oxygen atoms in total. The lowest BCUT2D eigenvalue weighted by Gasteiger charge is -2.14. The standard InChI is InChI=1S/C16H19ClN2O2/c1-10-6-4-5-7-12(10)8-13(16(20)21)9-14-11(2)18-19(3)15(14)17/h4-7,13H,8-9H2,1-3H3,(H,20,21). The maximum Gasteiger partial charge on any atom is 0.307 e. The number of carbonyl (C=O) groups is 1. The lowest BCUT2D eigenvalue weighted by Crippen LogP contribution is -2.20. The van der Waals surface area contributed by atoms with E-state index >= 15 is 0 Å². The van der Waals surface area contributed by atoms with E-state index in [-0.39, 0.29) is 0 Å². The Morgan fingerprint density at radius 1 is 1.33 bits per heavy atom. The predicted octanol–water partition coefficient (Wildman–Crippen LogP) is 3.18. The molecule has 112 valence electrons. The minimum atomic E-state index is -0.808. The first-order valence-electron chi connectivity index (χ1n) is 6.85. The van der Waals surface area contributed by atoms with Gasteiger partial charge >= 0.3 is 5.97 Å². The van der Waals surface area contributed by atoms with E-state index in [2.05, 4.69) is 5.10 Å². The second-order valence-electron chi connectivity index (χ2n) is 5.35. The van der Waals surface area contributed by atoms with Crippen molar-refractivity contribution in [3.05, 3.63) is 51.8 Å². The van der Waals surface area contributed by atoms with Gasteiger partial charge in [-0.05, 0) is 37.8 Å². The molecule has 0 aliphatic carbocycles. The molecule has 0 saturated heterocycles. The summed E-state index contributed by atoms with van der Waals surface area (Å²) < 4.78 is 1.58. The van der Waals surface area contributed by atoms with Crippen LogP contribution < -0.4 is 0 Å². The van der Waals surface area contributed by atoms with Crippen molar-refractivity contribution in [1.29, 1.82) is 0 Å². The SMILES string of the molecule is Cc1ccccc1CC(Cc1c(C)nn(C)c1Cl)C(=O)O. The monoisotopic (exact) mass is 306 g/mol. The number of rotatable bonds is 5. The quantitative estimate of drug-likeness (QED) is 0.923. The number of benzene rings is 1. The van der Waals surface area contributed by atoms with Gasteiger partial charge in [0.15, 0.2) is 0 Å². The normalized spacial score (nSPS) is 12.4. The van der Waals surface area contributed by atoms with E-state index in [0.717, 1.165) is 22.4 Å². The summed E-state index contributed by atoms with van der Waals surface area (Å²) in [4.78, 5) is 11.6. The van der Waals surface area contributed by atoms with Gasteiger partial charge in [-0.15, -0.1) is 0 Å². The molecule has 1 aromatic heterocycles. The van der Waals surface area contributed by atoms with Gasteiger partial charge in [0, 0.05) is 12.6 Å². The molecule has 0 bridgehead atoms. The van der Waals surface area contributed by atoms with Crippen LogP contribution in [0.2, 0.25) is 5.15 Å². The van der Waals surface area contributed by atoms with E-state index < -0.39 is 11.9 Å². The number of hydrogen-bond donors (Lipinski definition) is 1. The first kappa shape index (κ1) is 15.6. The summed E-state index contributed by atoms with van der Waals surface area (Å²) in [7, 11) is 1.76. The van der Waals surface area contributed by atoms with Gasteiger partial charge in [-0.25, -0.2) is 0 Å². The Morgan fingerprint density at radius 2 is 2.00 bits per heavy atom. The highest BCUT2D eigenvalue weighted by Gasteiger charge is 2.23. The van der Waals surface area contributed by atoms with Gasteiger partial charge in [-0.1, -0.05) is 35.9 Å². The van der Waals surface area contributed by atoms with Crippen LogP contribution in [0.4, 0.5) is 0 Å². The van der Waals surface area contributed by atoms with Crippen molar-refractivity contribution < 1.29 is 9.90 Å². The Kier molecular flexibility index (Phi) is 4.68. The van der Waals surface area contributed by atoms with Crippen LogP contribution >= 0.6 is 11.6 Å². The molecular formula is C16H19ClN2O2. The zero-order valence-corrected chi connectivity index (χ0v) is 13.2. The van der Waals surface area contributed by atoms with E-state index in [1.165, 1.54) is 0 Å². The molecule has 2 rings (SSSR count). The van der Waals surface area contributed by atoms with E-state index in [4.69, 9.17) is 11.6 Å². The van der Waals surface area contributed by atoms with Crippen LogP contribution in [-0.4, -0.2) is 20.9 Å². The first-order chi connectivity index (χ1) is 9.90. The van der Waals surface area contributed by atoms with Crippen LogP contribution in [0.5, 0.6) is 0 Å². The third-order valence-electron chi connectivity index (χ3n) is 3.80. The lowest BCUT2D eigenvalue weighted by atomic mass is 9.91. The van der Waals surface area contributed by atoms with Crippen LogP contribution in [0.1, 0.15) is 22.4 Å². The average molecular weight is 307 g/mol. The largest absolute Gasteiger partial charge is 0.481 e. The third kappa shape index (κ3) is 3.45. The number of carboxylic acid groups (broad SMARTS) is 1. The van der Waals surface area contributed by atoms with Crippen LogP contribution in [0, 0.1) is 19.8 Å². The molecule has 0 fully saturated rings. The fraction of sp³-hybridized carbons (Fsp3) is 0.375. The van der Waals surface area contributed by atoms with Crippen molar-refractivity contribution in [2.75, 3.05) is 0 Å². The Bertz CT molecular complexity index is 664. The second kappa shape index (κ2) is 6.31. The van der Waals surface area contributed by atoms with Crippen molar-refractivity contribution in [3.8, 4) is 0 Å². The maximum absolute atomic E-state index is 11.6. The first-order valence-corrected chi connectivity index (χ1v) is 7.23. The summed E-state index contributed by atoms with van der Waals surface area (Å²) in [6.07, 6.45) is 0.884. The number of aryl methyl sites for hydroxylation is 3. The highest BCUT2D eigenvalue weighted by Crippen LogP contribution is 2.24. The highest BCUT2D eigenvalue weighted by atomic mass is 35.5. The van der Waals surface area contributed by atoms with Crippen molar-refractivity contribution in [3.63, 3.8) is 0 Å². The molecule has 21 heavy (non-hydrogen) atoms. The summed E-state index contributed by atoms with van der Waals surface area (Å²) in [6.45, 7) is 3.85. The molecule has 0 saturated carbocycles. The molecule has 0 aliphatic heterocycles. The Balaban J connectivity index is 2.24. The third-order valence-corrected chi connectivity index (χ3v) is 4.27. The van der Waals surface area contributed by atoms with Gasteiger partial charge in [-0.2, -0.15) is 5.10 Å². The van der Waals surface area contributed by atoms with Gasteiger partial charge in [0.1, 0.15) is 5.15 Å². The van der Waals surface area contributed by atoms with Crippen molar-refractivity contribution in [1.82, 2.24) is 9.78 Å². The number of carboxylic acids is 1. The van der Waals surface area contributed by atoms with Gasteiger partial charge < -0.3 is 5.11 Å². The van der Waals surface area contributed by atoms with Crippen molar-refractivity contribution in [2.24, 2.45) is 13.0 Å². The molecular weight excluding hydrogens is 288 g/mol. The molecule has 0 amide bonds. The molecule has 1 N–H and O–H groups in total. The summed E-state index contributed by atoms with van der Waals surface area (Å²) >= 11 is 6.20. The average Bonchev–Trinajstić information content (AvgIpc) is 2.66. The number of nitrogens with zero attached hydrogens (tertiary/aromatic N) is 2. The molecule has 1 unspecified atom stereocenters. The zero-order chi connectivity index (χ0) is 15.6.